The maximum absolute atomic E-state index is 12.0. The highest BCUT2D eigenvalue weighted by Gasteiger charge is 2.20. The number of methoxy groups -OCH3 is 1. The number of nitro benzene ring substituents is 2. The number of carbonyl (C=O) groups excluding carboxylic acids is 1. The lowest BCUT2D eigenvalue weighted by atomic mass is 10.2. The van der Waals surface area contributed by atoms with Gasteiger partial charge in [0.05, 0.1) is 28.1 Å². The highest BCUT2D eigenvalue weighted by atomic mass is 16.6. The molecule has 0 bridgehead atoms. The van der Waals surface area contributed by atoms with E-state index in [9.17, 15) is 25.0 Å². The molecular formula is C15H12N2O7. The number of hydrogen-bond acceptors (Lipinski definition) is 7. The number of hydrogen-bond donors (Lipinski definition) is 0. The van der Waals surface area contributed by atoms with Crippen LogP contribution in [-0.4, -0.2) is 22.9 Å². The van der Waals surface area contributed by atoms with Crippen LogP contribution in [0.5, 0.6) is 5.75 Å². The van der Waals surface area contributed by atoms with Crippen molar-refractivity contribution in [2.75, 3.05) is 7.11 Å². The van der Waals surface area contributed by atoms with Gasteiger partial charge in [-0.15, -0.1) is 0 Å². The van der Waals surface area contributed by atoms with Crippen LogP contribution in [0.1, 0.15) is 15.9 Å². The van der Waals surface area contributed by atoms with E-state index in [1.54, 1.807) is 6.07 Å². The van der Waals surface area contributed by atoms with Crippen LogP contribution in [0.3, 0.4) is 0 Å². The van der Waals surface area contributed by atoms with Gasteiger partial charge in [-0.3, -0.25) is 20.2 Å². The van der Waals surface area contributed by atoms with Crippen molar-refractivity contribution in [1.82, 2.24) is 0 Å². The highest BCUT2D eigenvalue weighted by Crippen LogP contribution is 2.28. The maximum Gasteiger partial charge on any atom is 0.338 e. The number of para-hydroxylation sites is 1. The predicted molar refractivity (Wildman–Crippen MR) is 81.9 cm³/mol. The average Bonchev–Trinajstić information content (AvgIpc) is 2.59. The summed E-state index contributed by atoms with van der Waals surface area (Å²) in [6, 6.07) is 9.45. The first-order valence-corrected chi connectivity index (χ1v) is 6.66. The van der Waals surface area contributed by atoms with Crippen molar-refractivity contribution in [2.24, 2.45) is 0 Å². The van der Waals surface area contributed by atoms with Crippen LogP contribution >= 0.6 is 0 Å². The second-order valence-electron chi connectivity index (χ2n) is 4.61. The number of nitro groups is 2. The topological polar surface area (TPSA) is 122 Å². The molecule has 0 aliphatic heterocycles. The van der Waals surface area contributed by atoms with Crippen molar-refractivity contribution >= 4 is 17.3 Å². The first kappa shape index (κ1) is 16.9. The second kappa shape index (κ2) is 7.18. The summed E-state index contributed by atoms with van der Waals surface area (Å²) in [5.74, 6) is -0.825. The molecular weight excluding hydrogens is 320 g/mol. The lowest BCUT2D eigenvalue weighted by Gasteiger charge is -2.07. The number of nitrogens with zero attached hydrogens (tertiary/aromatic N) is 2. The Bertz CT molecular complexity index is 804. The Morgan fingerprint density at radius 2 is 1.71 bits per heavy atom. The van der Waals surface area contributed by atoms with Crippen molar-refractivity contribution in [1.29, 1.82) is 0 Å². The summed E-state index contributed by atoms with van der Waals surface area (Å²) in [4.78, 5) is 32.6. The van der Waals surface area contributed by atoms with E-state index < -0.39 is 15.8 Å². The summed E-state index contributed by atoms with van der Waals surface area (Å²) in [7, 11) is 1.27. The van der Waals surface area contributed by atoms with Crippen LogP contribution in [0.4, 0.5) is 11.4 Å². The molecule has 124 valence electrons. The summed E-state index contributed by atoms with van der Waals surface area (Å²) < 4.78 is 9.85. The summed E-state index contributed by atoms with van der Waals surface area (Å²) in [6.07, 6.45) is 0. The Balaban J connectivity index is 2.18. The molecule has 2 rings (SSSR count). The smallest absolute Gasteiger partial charge is 0.338 e. The van der Waals surface area contributed by atoms with Crippen molar-refractivity contribution < 1.29 is 24.1 Å². The molecule has 0 N–H and O–H groups in total. The zero-order valence-corrected chi connectivity index (χ0v) is 12.5. The fourth-order valence-electron chi connectivity index (χ4n) is 2.00. The lowest BCUT2D eigenvalue weighted by Crippen LogP contribution is -2.07. The first-order chi connectivity index (χ1) is 11.4. The largest absolute Gasteiger partial charge is 0.490 e. The minimum Gasteiger partial charge on any atom is -0.490 e. The molecule has 0 atom stereocenters. The van der Waals surface area contributed by atoms with Crippen LogP contribution in [0.25, 0.3) is 0 Å². The van der Waals surface area contributed by atoms with E-state index >= 15 is 0 Å². The standard InChI is InChI=1S/C15H12N2O7/c1-23-14-7-6-10(8-13(14)17(21)22)15(18)24-9-11-4-2-3-5-12(11)16(19)20/h2-8H,9H2,1H3. The van der Waals surface area contributed by atoms with Crippen molar-refractivity contribution in [3.8, 4) is 5.75 Å². The third-order valence-electron chi connectivity index (χ3n) is 3.16. The quantitative estimate of drug-likeness (QED) is 0.453. The second-order valence-corrected chi connectivity index (χ2v) is 4.61. The third-order valence-corrected chi connectivity index (χ3v) is 3.16. The summed E-state index contributed by atoms with van der Waals surface area (Å²) in [6.45, 7) is -0.324. The molecule has 24 heavy (non-hydrogen) atoms. The molecule has 0 aliphatic rings. The molecule has 0 fully saturated rings. The number of esters is 1. The Labute approximate surface area is 135 Å². The molecule has 0 unspecified atom stereocenters. The van der Waals surface area contributed by atoms with Crippen LogP contribution in [-0.2, 0) is 11.3 Å². The molecule has 0 spiro atoms. The molecule has 9 heteroatoms. The van der Waals surface area contributed by atoms with Crippen molar-refractivity contribution in [3.05, 3.63) is 73.8 Å². The van der Waals surface area contributed by atoms with Crippen LogP contribution in [0, 0.1) is 20.2 Å². The molecule has 0 heterocycles. The summed E-state index contributed by atoms with van der Waals surface area (Å²) in [5, 5.41) is 21.9. The maximum atomic E-state index is 12.0. The van der Waals surface area contributed by atoms with Gasteiger partial charge in [0.1, 0.15) is 6.61 Å². The normalized spacial score (nSPS) is 10.0. The van der Waals surface area contributed by atoms with Crippen LogP contribution < -0.4 is 4.74 Å². The Kier molecular flexibility index (Phi) is 5.05. The van der Waals surface area contributed by atoms with Gasteiger partial charge >= 0.3 is 11.7 Å². The van der Waals surface area contributed by atoms with Gasteiger partial charge in [0.2, 0.25) is 0 Å². The van der Waals surface area contributed by atoms with Gasteiger partial charge < -0.3 is 9.47 Å². The Morgan fingerprint density at radius 3 is 2.33 bits per heavy atom. The molecule has 0 aliphatic carbocycles. The minimum atomic E-state index is -0.834. The van der Waals surface area contributed by atoms with E-state index in [4.69, 9.17) is 9.47 Å². The molecule has 0 amide bonds. The SMILES string of the molecule is COc1ccc(C(=O)OCc2ccccc2[N+](=O)[O-])cc1[N+](=O)[O-]. The number of rotatable bonds is 6. The number of benzene rings is 2. The molecule has 0 saturated heterocycles. The number of ether oxygens (including phenoxy) is 2. The zero-order valence-electron chi connectivity index (χ0n) is 12.5. The van der Waals surface area contributed by atoms with Gasteiger partial charge in [0.25, 0.3) is 5.69 Å². The van der Waals surface area contributed by atoms with E-state index in [0.29, 0.717) is 0 Å². The minimum absolute atomic E-state index is 0.00949. The lowest BCUT2D eigenvalue weighted by molar-refractivity contribution is -0.386. The van der Waals surface area contributed by atoms with E-state index in [1.165, 1.54) is 37.4 Å². The highest BCUT2D eigenvalue weighted by molar-refractivity contribution is 5.90. The van der Waals surface area contributed by atoms with Crippen LogP contribution in [0.2, 0.25) is 0 Å². The van der Waals surface area contributed by atoms with E-state index in [2.05, 4.69) is 0 Å². The first-order valence-electron chi connectivity index (χ1n) is 6.66. The molecule has 2 aromatic carbocycles. The van der Waals surface area contributed by atoms with Gasteiger partial charge in [-0.1, -0.05) is 12.1 Å². The van der Waals surface area contributed by atoms with Crippen LogP contribution in [0.15, 0.2) is 42.5 Å². The molecule has 0 saturated carbocycles. The fraction of sp³-hybridized carbons (Fsp3) is 0.133. The molecule has 0 radical (unpaired) electrons. The monoisotopic (exact) mass is 332 g/mol. The van der Waals surface area contributed by atoms with Gasteiger partial charge in [0.15, 0.2) is 5.75 Å². The summed E-state index contributed by atoms with van der Waals surface area (Å²) in [5.41, 5.74) is -0.386. The average molecular weight is 332 g/mol. The van der Waals surface area contributed by atoms with E-state index in [-0.39, 0.29) is 34.9 Å². The molecule has 9 nitrogen and oxygen atoms in total. The molecule has 0 aromatic heterocycles. The number of carbonyl (C=O) groups is 1. The van der Waals surface area contributed by atoms with Gasteiger partial charge in [-0.05, 0) is 18.2 Å². The predicted octanol–water partition coefficient (Wildman–Crippen LogP) is 2.87. The van der Waals surface area contributed by atoms with Gasteiger partial charge in [-0.25, -0.2) is 4.79 Å². The van der Waals surface area contributed by atoms with Gasteiger partial charge in [-0.2, -0.15) is 0 Å². The molecule has 2 aromatic rings. The Hall–Kier alpha value is -3.49. The van der Waals surface area contributed by atoms with Gasteiger partial charge in [0, 0.05) is 12.1 Å². The van der Waals surface area contributed by atoms with E-state index in [1.807, 2.05) is 0 Å². The summed E-state index contributed by atoms with van der Waals surface area (Å²) >= 11 is 0. The fourth-order valence-corrected chi connectivity index (χ4v) is 2.00. The Morgan fingerprint density at radius 1 is 1.04 bits per heavy atom. The van der Waals surface area contributed by atoms with E-state index in [0.717, 1.165) is 6.07 Å². The van der Waals surface area contributed by atoms with Crippen molar-refractivity contribution in [2.45, 2.75) is 6.61 Å². The third kappa shape index (κ3) is 3.64. The van der Waals surface area contributed by atoms with Crippen molar-refractivity contribution in [3.63, 3.8) is 0 Å². The zero-order chi connectivity index (χ0) is 17.7.